The molecule has 0 unspecified atom stereocenters. The summed E-state index contributed by atoms with van der Waals surface area (Å²) in [5.74, 6) is 0.259. The first-order valence-corrected chi connectivity index (χ1v) is 36.6. The van der Waals surface area contributed by atoms with E-state index in [1.54, 1.807) is 21.3 Å². The molecule has 1 aliphatic carbocycles. The number of amides is 3. The van der Waals surface area contributed by atoms with E-state index in [4.69, 9.17) is 0 Å². The van der Waals surface area contributed by atoms with E-state index in [-0.39, 0.29) is 63.5 Å². The first-order chi connectivity index (χ1) is 48.3. The highest BCUT2D eigenvalue weighted by molar-refractivity contribution is 7.12. The fourth-order valence-electron chi connectivity index (χ4n) is 14.2. The molecule has 99 heavy (non-hydrogen) atoms. The number of hydrogen-bond acceptors (Lipinski definition) is 15. The number of fused-ring (bicyclic) bond motifs is 3. The van der Waals surface area contributed by atoms with Crippen molar-refractivity contribution in [1.29, 1.82) is 15.8 Å². The average molecular weight is 1380 g/mol. The maximum atomic E-state index is 13.5. The van der Waals surface area contributed by atoms with Crippen LogP contribution in [0.3, 0.4) is 0 Å². The van der Waals surface area contributed by atoms with Crippen molar-refractivity contribution in [3.63, 3.8) is 0 Å². The average Bonchev–Trinajstić information content (AvgIpc) is 1.69. The van der Waals surface area contributed by atoms with Gasteiger partial charge in [-0.25, -0.2) is 4.39 Å². The van der Waals surface area contributed by atoms with Crippen LogP contribution in [0, 0.1) is 52.7 Å². The Bertz CT molecular complexity index is 4880. The number of halogens is 1. The third kappa shape index (κ3) is 14.8. The number of rotatable bonds is 14. The van der Waals surface area contributed by atoms with Gasteiger partial charge < -0.3 is 43.1 Å². The second-order valence-electron chi connectivity index (χ2n) is 25.4. The van der Waals surface area contributed by atoms with Gasteiger partial charge in [0.15, 0.2) is 0 Å². The van der Waals surface area contributed by atoms with Crippen LogP contribution in [-0.2, 0) is 19.6 Å². The van der Waals surface area contributed by atoms with Gasteiger partial charge in [0.2, 0.25) is 0 Å². The molecule has 4 aliphatic rings. The third-order valence-electron chi connectivity index (χ3n) is 19.3. The number of unbranched alkanes of at least 4 members (excludes halogenated alkanes) is 2. The molecule has 1 saturated carbocycles. The summed E-state index contributed by atoms with van der Waals surface area (Å²) in [5.41, 5.74) is 6.06. The zero-order valence-corrected chi connectivity index (χ0v) is 58.1. The minimum absolute atomic E-state index is 0.00979. The lowest BCUT2D eigenvalue weighted by atomic mass is 9.89. The standard InChI is InChI=1S/C27H23FN4O2S.C26H28N4O2S.C24H26N4O2S/c1-18-4-9-23-21(15-18)25(30-10-12-31(13-11-30)27(34)24-3-2-14-35-24)22(16-29)26(33)32(23)17-19-5-7-20(28)8-6-19;27-17-21-24(28-12-14-29(15-13-28)26(32)23-11-6-16-33-23)20-9-4-5-10-22(20)30(25(21)31)18-19-7-2-1-3-8-19;1-2-3-6-11-28-20-9-5-4-8-18(20)22(19(17-25)23(28)29)26-12-14-27(15-13-26)24(30)21-10-7-16-31-21/h2-9,14-15H,10-13,17H2,1H3;4-6,9-11,16,19H,1-3,7-8,12-15,18H2;4-5,7-10,16H,2-3,6,11-15H2,1H3. The van der Waals surface area contributed by atoms with Crippen LogP contribution in [0.2, 0.25) is 0 Å². The number of aromatic nitrogens is 3. The second kappa shape index (κ2) is 31.6. The highest BCUT2D eigenvalue weighted by Gasteiger charge is 2.32. The molecule has 6 aromatic heterocycles. The largest absolute Gasteiger partial charge is 0.366 e. The molecule has 18 nitrogen and oxygen atoms in total. The summed E-state index contributed by atoms with van der Waals surface area (Å²) < 4.78 is 18.6. The smallest absolute Gasteiger partial charge is 0.271 e. The van der Waals surface area contributed by atoms with Crippen LogP contribution in [0.25, 0.3) is 32.7 Å². The van der Waals surface area contributed by atoms with Crippen LogP contribution in [0.5, 0.6) is 0 Å². The predicted octanol–water partition coefficient (Wildman–Crippen LogP) is 13.0. The van der Waals surface area contributed by atoms with Crippen molar-refractivity contribution in [3.8, 4) is 18.2 Å². The Morgan fingerprint density at radius 3 is 1.32 bits per heavy atom. The highest BCUT2D eigenvalue weighted by atomic mass is 32.1. The van der Waals surface area contributed by atoms with Crippen LogP contribution in [0.15, 0.2) is 158 Å². The van der Waals surface area contributed by atoms with Crippen LogP contribution in [0.1, 0.15) is 115 Å². The molecule has 3 saturated heterocycles. The Morgan fingerprint density at radius 2 is 0.889 bits per heavy atom. The van der Waals surface area contributed by atoms with Crippen molar-refractivity contribution in [1.82, 2.24) is 28.4 Å². The minimum Gasteiger partial charge on any atom is -0.366 e. The minimum atomic E-state index is -0.375. The molecule has 3 aliphatic heterocycles. The van der Waals surface area contributed by atoms with Gasteiger partial charge in [-0.15, -0.1) is 34.0 Å². The zero-order chi connectivity index (χ0) is 69.1. The van der Waals surface area contributed by atoms with Crippen molar-refractivity contribution < 1.29 is 18.8 Å². The number of pyridine rings is 3. The Morgan fingerprint density at radius 1 is 0.475 bits per heavy atom. The summed E-state index contributed by atoms with van der Waals surface area (Å²) in [6.07, 6.45) is 9.03. The lowest BCUT2D eigenvalue weighted by Gasteiger charge is -2.37. The molecule has 3 amide bonds. The van der Waals surface area contributed by atoms with Crippen LogP contribution < -0.4 is 31.4 Å². The van der Waals surface area contributed by atoms with Crippen molar-refractivity contribution in [2.24, 2.45) is 5.92 Å². The monoisotopic (exact) mass is 1380 g/mol. The molecule has 9 heterocycles. The normalized spacial score (nSPS) is 15.0. The number of carbonyl (C=O) groups is 3. The van der Waals surface area contributed by atoms with Crippen LogP contribution in [0.4, 0.5) is 21.5 Å². The maximum Gasteiger partial charge on any atom is 0.271 e. The fraction of sp³-hybridized carbons (Fsp3) is 0.338. The molecule has 14 rings (SSSR count). The predicted molar refractivity (Wildman–Crippen MR) is 392 cm³/mol. The molecule has 0 N–H and O–H groups in total. The maximum absolute atomic E-state index is 13.5. The van der Waals surface area contributed by atoms with Gasteiger partial charge in [-0.1, -0.05) is 117 Å². The number of nitrogens with zero attached hydrogens (tertiary/aromatic N) is 12. The zero-order valence-electron chi connectivity index (χ0n) is 55.6. The van der Waals surface area contributed by atoms with E-state index in [1.807, 2.05) is 150 Å². The lowest BCUT2D eigenvalue weighted by molar-refractivity contribution is 0.0744. The van der Waals surface area contributed by atoms with Gasteiger partial charge in [0, 0.05) is 108 Å². The molecule has 4 aromatic carbocycles. The first-order valence-electron chi connectivity index (χ1n) is 33.9. The number of thiophene rings is 3. The van der Waals surface area contributed by atoms with Gasteiger partial charge in [-0.05, 0) is 108 Å². The van der Waals surface area contributed by atoms with E-state index < -0.39 is 0 Å². The molecule has 0 bridgehead atoms. The van der Waals surface area contributed by atoms with Gasteiger partial charge in [0.25, 0.3) is 34.4 Å². The molecule has 0 radical (unpaired) electrons. The number of carbonyl (C=O) groups excluding carboxylic acids is 3. The summed E-state index contributed by atoms with van der Waals surface area (Å²) in [6.45, 7) is 12.4. The summed E-state index contributed by atoms with van der Waals surface area (Å²) >= 11 is 4.33. The number of benzene rings is 4. The van der Waals surface area contributed by atoms with Gasteiger partial charge >= 0.3 is 0 Å². The fourth-order valence-corrected chi connectivity index (χ4v) is 16.2. The number of para-hydroxylation sites is 2. The number of anilines is 3. The quantitative estimate of drug-likeness (QED) is 0.0932. The molecule has 506 valence electrons. The molecule has 4 fully saturated rings. The Kier molecular flexibility index (Phi) is 21.9. The Labute approximate surface area is 586 Å². The molecule has 10 aromatic rings. The van der Waals surface area contributed by atoms with Gasteiger partial charge in [0.05, 0.1) is 54.8 Å². The number of aryl methyl sites for hydroxylation is 2. The molecule has 0 atom stereocenters. The van der Waals surface area contributed by atoms with E-state index in [1.165, 1.54) is 65.4 Å². The summed E-state index contributed by atoms with van der Waals surface area (Å²) in [4.78, 5) is 92.5. The van der Waals surface area contributed by atoms with Crippen LogP contribution >= 0.6 is 34.0 Å². The van der Waals surface area contributed by atoms with Crippen molar-refractivity contribution in [2.75, 3.05) is 93.2 Å². The van der Waals surface area contributed by atoms with Gasteiger partial charge in [-0.3, -0.25) is 28.8 Å². The van der Waals surface area contributed by atoms with E-state index >= 15 is 0 Å². The Balaban J connectivity index is 0.000000141. The van der Waals surface area contributed by atoms with Gasteiger partial charge in [-0.2, -0.15) is 15.8 Å². The van der Waals surface area contributed by atoms with Crippen molar-refractivity contribution in [2.45, 2.75) is 84.8 Å². The summed E-state index contributed by atoms with van der Waals surface area (Å²) in [6, 6.07) is 45.4. The van der Waals surface area contributed by atoms with E-state index in [0.29, 0.717) is 114 Å². The van der Waals surface area contributed by atoms with E-state index in [0.717, 1.165) is 91.4 Å². The van der Waals surface area contributed by atoms with Crippen molar-refractivity contribution >= 4 is 102 Å². The number of piperazine rings is 3. The van der Waals surface area contributed by atoms with E-state index in [9.17, 15) is 48.9 Å². The molecular weight excluding hydrogens is 1300 g/mol. The topological polar surface area (TPSA) is 208 Å². The van der Waals surface area contributed by atoms with E-state index in [2.05, 4.69) is 34.9 Å². The SMILES string of the molecule is CCCCCn1c(=O)c(C#N)c(N2CCN(C(=O)c3cccs3)CC2)c2ccccc21.Cc1ccc2c(c1)c(N1CCN(C(=O)c3cccs3)CC1)c(C#N)c(=O)n2Cc1ccc(F)cc1.N#Cc1c(N2CCN(C(=O)c3cccs3)CC2)c2ccccc2n(CC2CCCCC2)c1=O. The molecule has 22 heteroatoms. The van der Waals surface area contributed by atoms with Gasteiger partial charge in [0.1, 0.15) is 40.7 Å². The number of nitriles is 3. The second-order valence-corrected chi connectivity index (χ2v) is 28.3. The lowest BCUT2D eigenvalue weighted by Crippen LogP contribution is -2.49. The highest BCUT2D eigenvalue weighted by Crippen LogP contribution is 2.35. The summed E-state index contributed by atoms with van der Waals surface area (Å²) in [5, 5.41) is 38.4. The van der Waals surface area contributed by atoms with Crippen molar-refractivity contribution in [3.05, 3.63) is 223 Å². The first kappa shape index (κ1) is 68.7. The number of hydrogen-bond donors (Lipinski definition) is 0. The Hall–Kier alpha value is -10.2. The molecular formula is C77H77FN12O6S3. The molecule has 0 spiro atoms. The third-order valence-corrected chi connectivity index (χ3v) is 21.8. The van der Waals surface area contributed by atoms with Crippen LogP contribution in [-0.4, -0.2) is 125 Å². The summed E-state index contributed by atoms with van der Waals surface area (Å²) in [7, 11) is 0.